The summed E-state index contributed by atoms with van der Waals surface area (Å²) in [7, 11) is 0. The molecule has 0 unspecified atom stereocenters. The zero-order chi connectivity index (χ0) is 19.3. The van der Waals surface area contributed by atoms with Gasteiger partial charge in [0.25, 0.3) is 5.78 Å². The molecular weight excluding hydrogens is 356 g/mol. The molecule has 4 aromatic rings. The fourth-order valence-electron chi connectivity index (χ4n) is 2.74. The minimum absolute atomic E-state index is 0.170. The average Bonchev–Trinajstić information content (AvgIpc) is 3.03. The van der Waals surface area contributed by atoms with Gasteiger partial charge in [0.2, 0.25) is 5.91 Å². The van der Waals surface area contributed by atoms with Crippen LogP contribution in [0, 0.1) is 0 Å². The highest BCUT2D eigenvalue weighted by atomic mass is 16.2. The molecule has 0 saturated heterocycles. The lowest BCUT2D eigenvalue weighted by molar-refractivity contribution is -0.122. The van der Waals surface area contributed by atoms with Crippen LogP contribution in [0.5, 0.6) is 0 Å². The molecule has 140 valence electrons. The number of hydrogen-bond donors (Lipinski definition) is 2. The fraction of sp³-hybridized carbons (Fsp3) is 0.100. The van der Waals surface area contributed by atoms with Crippen LogP contribution in [0.25, 0.3) is 5.78 Å². The molecule has 0 aliphatic carbocycles. The highest BCUT2D eigenvalue weighted by molar-refractivity contribution is 5.75. The van der Waals surface area contributed by atoms with E-state index in [-0.39, 0.29) is 18.2 Å². The molecule has 0 atom stereocenters. The van der Waals surface area contributed by atoms with Gasteiger partial charge in [-0.15, -0.1) is 5.10 Å². The van der Waals surface area contributed by atoms with Gasteiger partial charge in [-0.3, -0.25) is 4.79 Å². The molecule has 1 amide bonds. The molecule has 2 aromatic carbocycles. The van der Waals surface area contributed by atoms with Crippen LogP contribution in [0.15, 0.2) is 77.7 Å². The Kier molecular flexibility index (Phi) is 4.83. The molecule has 2 heterocycles. The van der Waals surface area contributed by atoms with Crippen molar-refractivity contribution in [2.45, 2.75) is 13.1 Å². The summed E-state index contributed by atoms with van der Waals surface area (Å²) < 4.78 is 2.41. The minimum atomic E-state index is -0.413. The molecule has 0 saturated carbocycles. The number of nitrogens with one attached hydrogen (secondary N) is 2. The molecule has 0 bridgehead atoms. The van der Waals surface area contributed by atoms with E-state index >= 15 is 0 Å². The largest absolute Gasteiger partial charge is 0.352 e. The van der Waals surface area contributed by atoms with Crippen molar-refractivity contribution in [2.24, 2.45) is 0 Å². The van der Waals surface area contributed by atoms with Crippen molar-refractivity contribution in [3.8, 4) is 0 Å². The van der Waals surface area contributed by atoms with Crippen molar-refractivity contribution in [3.63, 3.8) is 0 Å². The number of carbonyl (C=O) groups is 1. The van der Waals surface area contributed by atoms with Gasteiger partial charge >= 0.3 is 5.69 Å². The second kappa shape index (κ2) is 7.75. The summed E-state index contributed by atoms with van der Waals surface area (Å²) in [6, 6.07) is 20.8. The first-order valence-corrected chi connectivity index (χ1v) is 8.78. The van der Waals surface area contributed by atoms with Crippen molar-refractivity contribution in [1.82, 2.24) is 24.5 Å². The molecule has 4 rings (SSSR count). The highest BCUT2D eigenvalue weighted by Gasteiger charge is 2.12. The Morgan fingerprint density at radius 2 is 1.68 bits per heavy atom. The molecule has 0 aliphatic rings. The number of benzene rings is 2. The first-order chi connectivity index (χ1) is 13.7. The maximum Gasteiger partial charge on any atom is 0.352 e. The normalized spacial score (nSPS) is 10.7. The lowest BCUT2D eigenvalue weighted by atomic mass is 10.2. The van der Waals surface area contributed by atoms with Gasteiger partial charge in [0, 0.05) is 18.4 Å². The van der Waals surface area contributed by atoms with E-state index in [9.17, 15) is 9.59 Å². The maximum atomic E-state index is 12.4. The van der Waals surface area contributed by atoms with Crippen molar-refractivity contribution < 1.29 is 4.79 Å². The van der Waals surface area contributed by atoms with Gasteiger partial charge in [0.1, 0.15) is 12.4 Å². The van der Waals surface area contributed by atoms with Gasteiger partial charge in [0.05, 0.1) is 0 Å². The molecule has 28 heavy (non-hydrogen) atoms. The van der Waals surface area contributed by atoms with Gasteiger partial charge in [-0.05, 0) is 23.8 Å². The van der Waals surface area contributed by atoms with E-state index in [0.717, 1.165) is 15.9 Å². The molecule has 0 spiro atoms. The Labute approximate surface area is 160 Å². The van der Waals surface area contributed by atoms with E-state index in [2.05, 4.69) is 20.7 Å². The van der Waals surface area contributed by atoms with E-state index in [1.54, 1.807) is 12.3 Å². The van der Waals surface area contributed by atoms with Crippen LogP contribution in [-0.4, -0.2) is 25.1 Å². The molecule has 2 aromatic heterocycles. The fourth-order valence-corrected chi connectivity index (χ4v) is 2.74. The molecular formula is C20H18N6O2. The quantitative estimate of drug-likeness (QED) is 0.538. The number of fused-ring (bicyclic) bond motifs is 1. The number of amides is 1. The van der Waals surface area contributed by atoms with E-state index in [1.165, 1.54) is 4.40 Å². The summed E-state index contributed by atoms with van der Waals surface area (Å²) in [6.07, 6.45) is 1.58. The smallest absolute Gasteiger partial charge is 0.350 e. The van der Waals surface area contributed by atoms with Crippen molar-refractivity contribution in [1.29, 1.82) is 0 Å². The maximum absolute atomic E-state index is 12.4. The first-order valence-electron chi connectivity index (χ1n) is 8.78. The zero-order valence-corrected chi connectivity index (χ0v) is 14.9. The predicted molar refractivity (Wildman–Crippen MR) is 105 cm³/mol. The summed E-state index contributed by atoms with van der Waals surface area (Å²) in [6.45, 7) is 0.224. The lowest BCUT2D eigenvalue weighted by Crippen LogP contribution is -2.32. The Hall–Kier alpha value is -3.94. The van der Waals surface area contributed by atoms with Crippen LogP contribution in [0.4, 0.5) is 11.5 Å². The van der Waals surface area contributed by atoms with Crippen molar-refractivity contribution in [2.75, 3.05) is 5.32 Å². The Bertz CT molecular complexity index is 1150. The number of nitrogens with zero attached hydrogens (tertiary/aromatic N) is 4. The summed E-state index contributed by atoms with van der Waals surface area (Å²) in [4.78, 5) is 28.9. The SMILES string of the molecule is O=C(Cn1nc2nc(Nc3ccccc3)ccn2c1=O)NCc1ccccc1. The van der Waals surface area contributed by atoms with Crippen LogP contribution in [0.1, 0.15) is 5.56 Å². The van der Waals surface area contributed by atoms with Crippen molar-refractivity contribution in [3.05, 3.63) is 89.0 Å². The minimum Gasteiger partial charge on any atom is -0.350 e. The average molecular weight is 374 g/mol. The van der Waals surface area contributed by atoms with Crippen LogP contribution in [-0.2, 0) is 17.9 Å². The second-order valence-electron chi connectivity index (χ2n) is 6.18. The third kappa shape index (κ3) is 3.90. The number of carbonyl (C=O) groups excluding carboxylic acids is 1. The van der Waals surface area contributed by atoms with Gasteiger partial charge in [-0.1, -0.05) is 48.5 Å². The van der Waals surface area contributed by atoms with Gasteiger partial charge in [0.15, 0.2) is 0 Å². The molecule has 0 aliphatic heterocycles. The summed E-state index contributed by atoms with van der Waals surface area (Å²) in [5.74, 6) is 0.489. The molecule has 8 nitrogen and oxygen atoms in total. The number of para-hydroxylation sites is 1. The van der Waals surface area contributed by atoms with E-state index < -0.39 is 5.69 Å². The van der Waals surface area contributed by atoms with Crippen LogP contribution >= 0.6 is 0 Å². The number of aromatic nitrogens is 4. The standard InChI is InChI=1S/C20H18N6O2/c27-18(21-13-15-7-3-1-4-8-15)14-26-20(28)25-12-11-17(23-19(25)24-26)22-16-9-5-2-6-10-16/h1-12H,13-14H2,(H,21,27)(H,22,23,24). The Morgan fingerprint density at radius 3 is 2.43 bits per heavy atom. The zero-order valence-electron chi connectivity index (χ0n) is 14.9. The molecule has 8 heteroatoms. The van der Waals surface area contributed by atoms with Crippen LogP contribution in [0.3, 0.4) is 0 Å². The number of rotatable bonds is 6. The highest BCUT2D eigenvalue weighted by Crippen LogP contribution is 2.13. The van der Waals surface area contributed by atoms with Gasteiger partial charge < -0.3 is 10.6 Å². The Morgan fingerprint density at radius 1 is 0.964 bits per heavy atom. The summed E-state index contributed by atoms with van der Waals surface area (Å²) >= 11 is 0. The Balaban J connectivity index is 1.47. The van der Waals surface area contributed by atoms with Crippen LogP contribution < -0.4 is 16.3 Å². The number of hydrogen-bond acceptors (Lipinski definition) is 5. The molecule has 2 N–H and O–H groups in total. The predicted octanol–water partition coefficient (Wildman–Crippen LogP) is 1.95. The first kappa shape index (κ1) is 17.5. The monoisotopic (exact) mass is 374 g/mol. The number of anilines is 2. The summed E-state index contributed by atoms with van der Waals surface area (Å²) in [5, 5.41) is 10.1. The van der Waals surface area contributed by atoms with Gasteiger partial charge in [-0.2, -0.15) is 4.98 Å². The van der Waals surface area contributed by atoms with E-state index in [4.69, 9.17) is 0 Å². The topological polar surface area (TPSA) is 93.3 Å². The third-order valence-corrected chi connectivity index (χ3v) is 4.13. The lowest BCUT2D eigenvalue weighted by Gasteiger charge is -2.04. The van der Waals surface area contributed by atoms with E-state index in [1.807, 2.05) is 60.7 Å². The van der Waals surface area contributed by atoms with E-state index in [0.29, 0.717) is 12.4 Å². The molecule has 0 fully saturated rings. The third-order valence-electron chi connectivity index (χ3n) is 4.13. The molecule has 0 radical (unpaired) electrons. The van der Waals surface area contributed by atoms with Crippen molar-refractivity contribution >= 4 is 23.2 Å². The second-order valence-corrected chi connectivity index (χ2v) is 6.18. The van der Waals surface area contributed by atoms with Gasteiger partial charge in [-0.25, -0.2) is 13.9 Å². The van der Waals surface area contributed by atoms with Crippen LogP contribution in [0.2, 0.25) is 0 Å². The summed E-state index contributed by atoms with van der Waals surface area (Å²) in [5.41, 5.74) is 1.45.